The highest BCUT2D eigenvalue weighted by molar-refractivity contribution is 6.30. The molecule has 166 valence electrons. The number of ether oxygens (including phenoxy) is 2. The van der Waals surface area contributed by atoms with Crippen LogP contribution in [0.2, 0.25) is 5.02 Å². The molecule has 1 aliphatic carbocycles. The average molecular weight is 443 g/mol. The molecule has 2 fully saturated rings. The number of carbonyl (C=O) groups is 1. The summed E-state index contributed by atoms with van der Waals surface area (Å²) < 4.78 is 11.4. The van der Waals surface area contributed by atoms with Gasteiger partial charge < -0.3 is 14.8 Å². The molecule has 1 heterocycles. The van der Waals surface area contributed by atoms with E-state index in [2.05, 4.69) is 17.1 Å². The second kappa shape index (κ2) is 10.4. The molecular weight excluding hydrogens is 412 g/mol. The Bertz CT molecular complexity index is 856. The number of nitrogens with one attached hydrogen (secondary N) is 1. The van der Waals surface area contributed by atoms with Crippen molar-refractivity contribution < 1.29 is 14.3 Å². The molecule has 1 saturated carbocycles. The number of aryl methyl sites for hydroxylation is 1. The minimum Gasteiger partial charge on any atom is -0.494 e. The Morgan fingerprint density at radius 3 is 2.45 bits per heavy atom. The van der Waals surface area contributed by atoms with E-state index in [4.69, 9.17) is 21.1 Å². The Morgan fingerprint density at radius 1 is 1.06 bits per heavy atom. The standard InChI is InChI=1S/C25H31ClN2O3/c1-2-18-4-8-23(9-5-18)31-17-25(29)27-24-15-21-14-19(24)16-28(21)12-3-13-30-22-10-6-20(26)7-11-22/h4-11,19,21,24H,2-3,12-17H2,1H3,(H,27,29). The van der Waals surface area contributed by atoms with Crippen LogP contribution in [-0.2, 0) is 11.2 Å². The molecule has 3 unspecified atom stereocenters. The number of carbonyl (C=O) groups excluding carboxylic acids is 1. The number of hydrogen-bond donors (Lipinski definition) is 1. The van der Waals surface area contributed by atoms with E-state index in [9.17, 15) is 4.79 Å². The molecule has 2 aliphatic rings. The van der Waals surface area contributed by atoms with Crippen LogP contribution in [0.1, 0.15) is 31.7 Å². The van der Waals surface area contributed by atoms with Gasteiger partial charge in [0.05, 0.1) is 6.61 Å². The largest absolute Gasteiger partial charge is 0.494 e. The minimum atomic E-state index is -0.0277. The highest BCUT2D eigenvalue weighted by Gasteiger charge is 2.44. The fourth-order valence-corrected chi connectivity index (χ4v) is 4.83. The maximum atomic E-state index is 12.3. The third-order valence-electron chi connectivity index (χ3n) is 6.38. The summed E-state index contributed by atoms with van der Waals surface area (Å²) in [5.41, 5.74) is 1.26. The Balaban J connectivity index is 1.13. The summed E-state index contributed by atoms with van der Waals surface area (Å²) in [5, 5.41) is 3.91. The number of halogens is 1. The second-order valence-electron chi connectivity index (χ2n) is 8.50. The van der Waals surface area contributed by atoms with E-state index >= 15 is 0 Å². The van der Waals surface area contributed by atoms with Crippen LogP contribution < -0.4 is 14.8 Å². The van der Waals surface area contributed by atoms with E-state index in [-0.39, 0.29) is 18.6 Å². The van der Waals surface area contributed by atoms with Crippen molar-refractivity contribution >= 4 is 17.5 Å². The number of benzene rings is 2. The highest BCUT2D eigenvalue weighted by atomic mass is 35.5. The van der Waals surface area contributed by atoms with Gasteiger partial charge >= 0.3 is 0 Å². The number of likely N-dealkylation sites (tertiary alicyclic amines) is 1. The van der Waals surface area contributed by atoms with Gasteiger partial charge in [-0.25, -0.2) is 0 Å². The van der Waals surface area contributed by atoms with Crippen LogP contribution >= 0.6 is 11.6 Å². The van der Waals surface area contributed by atoms with Crippen molar-refractivity contribution in [3.63, 3.8) is 0 Å². The lowest BCUT2D eigenvalue weighted by molar-refractivity contribution is -0.124. The molecule has 31 heavy (non-hydrogen) atoms. The Hall–Kier alpha value is -2.24. The molecule has 6 heteroatoms. The van der Waals surface area contributed by atoms with Gasteiger partial charge in [-0.3, -0.25) is 9.69 Å². The summed E-state index contributed by atoms with van der Waals surface area (Å²) in [6, 6.07) is 16.3. The first-order chi connectivity index (χ1) is 15.1. The molecule has 2 aromatic carbocycles. The van der Waals surface area contributed by atoms with Gasteiger partial charge in [0.15, 0.2) is 6.61 Å². The molecule has 1 saturated heterocycles. The second-order valence-corrected chi connectivity index (χ2v) is 8.93. The van der Waals surface area contributed by atoms with E-state index in [1.807, 2.05) is 48.5 Å². The molecule has 0 radical (unpaired) electrons. The van der Waals surface area contributed by atoms with Gasteiger partial charge in [0.1, 0.15) is 11.5 Å². The quantitative estimate of drug-likeness (QED) is 0.556. The maximum Gasteiger partial charge on any atom is 0.258 e. The lowest BCUT2D eigenvalue weighted by Crippen LogP contribution is -2.47. The summed E-state index contributed by atoms with van der Waals surface area (Å²) in [5.74, 6) is 2.11. The summed E-state index contributed by atoms with van der Waals surface area (Å²) in [6.45, 7) is 4.98. The Morgan fingerprint density at radius 2 is 1.77 bits per heavy atom. The molecular formula is C25H31ClN2O3. The summed E-state index contributed by atoms with van der Waals surface area (Å²) in [6.07, 6.45) is 4.19. The lowest BCUT2D eigenvalue weighted by Gasteiger charge is -2.31. The van der Waals surface area contributed by atoms with Crippen LogP contribution in [0.3, 0.4) is 0 Å². The van der Waals surface area contributed by atoms with E-state index in [1.165, 1.54) is 12.0 Å². The van der Waals surface area contributed by atoms with E-state index < -0.39 is 0 Å². The summed E-state index contributed by atoms with van der Waals surface area (Å²) >= 11 is 5.90. The van der Waals surface area contributed by atoms with Crippen molar-refractivity contribution in [2.24, 2.45) is 5.92 Å². The first-order valence-electron chi connectivity index (χ1n) is 11.2. The monoisotopic (exact) mass is 442 g/mol. The smallest absolute Gasteiger partial charge is 0.258 e. The summed E-state index contributed by atoms with van der Waals surface area (Å²) in [7, 11) is 0. The minimum absolute atomic E-state index is 0.0277. The van der Waals surface area contributed by atoms with Crippen LogP contribution in [0.15, 0.2) is 48.5 Å². The van der Waals surface area contributed by atoms with Crippen molar-refractivity contribution in [1.82, 2.24) is 10.2 Å². The van der Waals surface area contributed by atoms with Crippen molar-refractivity contribution in [3.8, 4) is 11.5 Å². The normalized spacial score (nSPS) is 22.5. The van der Waals surface area contributed by atoms with Crippen LogP contribution in [0.4, 0.5) is 0 Å². The van der Waals surface area contributed by atoms with Gasteiger partial charge in [-0.1, -0.05) is 30.7 Å². The highest BCUT2D eigenvalue weighted by Crippen LogP contribution is 2.37. The molecule has 1 aliphatic heterocycles. The predicted molar refractivity (Wildman–Crippen MR) is 123 cm³/mol. The van der Waals surface area contributed by atoms with E-state index in [0.717, 1.165) is 48.9 Å². The average Bonchev–Trinajstić information content (AvgIpc) is 3.37. The van der Waals surface area contributed by atoms with Gasteiger partial charge in [0, 0.05) is 30.2 Å². The molecule has 2 aromatic rings. The zero-order valence-corrected chi connectivity index (χ0v) is 18.8. The first kappa shape index (κ1) is 22.0. The third kappa shape index (κ3) is 5.92. The first-order valence-corrected chi connectivity index (χ1v) is 11.6. The molecule has 0 spiro atoms. The predicted octanol–water partition coefficient (Wildman–Crippen LogP) is 4.33. The van der Waals surface area contributed by atoms with Gasteiger partial charge in [0.2, 0.25) is 0 Å². The van der Waals surface area contributed by atoms with Gasteiger partial charge in [-0.15, -0.1) is 0 Å². The van der Waals surface area contributed by atoms with E-state index in [0.29, 0.717) is 18.6 Å². The molecule has 5 nitrogen and oxygen atoms in total. The van der Waals surface area contributed by atoms with Gasteiger partial charge in [-0.2, -0.15) is 0 Å². The van der Waals surface area contributed by atoms with Gasteiger partial charge in [0.25, 0.3) is 5.91 Å². The summed E-state index contributed by atoms with van der Waals surface area (Å²) in [4.78, 5) is 14.9. The Labute approximate surface area is 189 Å². The maximum absolute atomic E-state index is 12.3. The number of fused-ring (bicyclic) bond motifs is 2. The van der Waals surface area contributed by atoms with Crippen molar-refractivity contribution in [2.75, 3.05) is 26.3 Å². The zero-order chi connectivity index (χ0) is 21.6. The zero-order valence-electron chi connectivity index (χ0n) is 18.1. The van der Waals surface area contributed by atoms with Crippen molar-refractivity contribution in [3.05, 3.63) is 59.1 Å². The fourth-order valence-electron chi connectivity index (χ4n) is 4.70. The number of rotatable bonds is 10. The Kier molecular flexibility index (Phi) is 7.36. The molecule has 1 amide bonds. The van der Waals surface area contributed by atoms with Crippen LogP contribution in [0.25, 0.3) is 0 Å². The fraction of sp³-hybridized carbons (Fsp3) is 0.480. The molecule has 0 aromatic heterocycles. The molecule has 1 N–H and O–H groups in total. The van der Waals surface area contributed by atoms with Gasteiger partial charge in [-0.05, 0) is 73.6 Å². The number of hydrogen-bond acceptors (Lipinski definition) is 4. The van der Waals surface area contributed by atoms with Crippen LogP contribution in [0.5, 0.6) is 11.5 Å². The SMILES string of the molecule is CCc1ccc(OCC(=O)NC2CC3CC2CN3CCCOc2ccc(Cl)cc2)cc1. The number of nitrogens with zero attached hydrogens (tertiary/aromatic N) is 1. The lowest BCUT2D eigenvalue weighted by atomic mass is 10.0. The topological polar surface area (TPSA) is 50.8 Å². The third-order valence-corrected chi connectivity index (χ3v) is 6.63. The van der Waals surface area contributed by atoms with Crippen molar-refractivity contribution in [1.29, 1.82) is 0 Å². The van der Waals surface area contributed by atoms with Crippen molar-refractivity contribution in [2.45, 2.75) is 44.7 Å². The number of piperidine rings is 1. The molecule has 4 rings (SSSR count). The van der Waals surface area contributed by atoms with E-state index in [1.54, 1.807) is 0 Å². The van der Waals surface area contributed by atoms with Crippen LogP contribution in [0, 0.1) is 5.92 Å². The van der Waals surface area contributed by atoms with Crippen LogP contribution in [-0.4, -0.2) is 49.2 Å². The number of amides is 1. The molecule has 3 atom stereocenters. The molecule has 2 bridgehead atoms.